The normalized spacial score (nSPS) is 47.3. The fourth-order valence-electron chi connectivity index (χ4n) is 12.4. The van der Waals surface area contributed by atoms with Crippen molar-refractivity contribution in [1.82, 2.24) is 0 Å². The summed E-state index contributed by atoms with van der Waals surface area (Å²) in [5, 5.41) is 50.1. The van der Waals surface area contributed by atoms with Crippen LogP contribution in [-0.4, -0.2) is 104 Å². The number of ether oxygens (including phenoxy) is 6. The molecule has 4 N–H and O–H groups in total. The van der Waals surface area contributed by atoms with Gasteiger partial charge in [-0.15, -0.1) is 0 Å². The van der Waals surface area contributed by atoms with Gasteiger partial charge < -0.3 is 48.8 Å². The fourth-order valence-corrected chi connectivity index (χ4v) is 12.4. The van der Waals surface area contributed by atoms with E-state index < -0.39 is 107 Å². The van der Waals surface area contributed by atoms with E-state index in [0.29, 0.717) is 24.0 Å². The Morgan fingerprint density at radius 1 is 0.875 bits per heavy atom. The van der Waals surface area contributed by atoms with Crippen molar-refractivity contribution in [1.29, 1.82) is 0 Å². The summed E-state index contributed by atoms with van der Waals surface area (Å²) < 4.78 is 40.4. The van der Waals surface area contributed by atoms with Gasteiger partial charge in [0.1, 0.15) is 47.3 Å². The quantitative estimate of drug-likeness (QED) is 0.179. The minimum absolute atomic E-state index is 0.0865. The molecule has 2 spiro atoms. The Balaban J connectivity index is 1.28. The first-order chi connectivity index (χ1) is 26.8. The number of aliphatic hydroxyl groups excluding tert-OH is 3. The van der Waals surface area contributed by atoms with Crippen LogP contribution < -0.4 is 0 Å². The Morgan fingerprint density at radius 3 is 2.16 bits per heavy atom. The Kier molecular flexibility index (Phi) is 9.19. The van der Waals surface area contributed by atoms with Gasteiger partial charge in [-0.1, -0.05) is 88.9 Å². The zero-order valence-corrected chi connectivity index (χ0v) is 32.3. The summed E-state index contributed by atoms with van der Waals surface area (Å²) >= 11 is 0. The highest BCUT2D eigenvalue weighted by Gasteiger charge is 2.91. The molecular weight excluding hydrogens is 720 g/mol. The maximum Gasteiger partial charge on any atom is 0.338 e. The smallest absolute Gasteiger partial charge is 0.338 e. The van der Waals surface area contributed by atoms with E-state index in [0.717, 1.165) is 25.7 Å². The number of fused-ring (bicyclic) bond motifs is 1. The van der Waals surface area contributed by atoms with Crippen molar-refractivity contribution >= 4 is 11.9 Å². The molecule has 3 saturated carbocycles. The van der Waals surface area contributed by atoms with Crippen molar-refractivity contribution < 1.29 is 58.4 Å². The minimum Gasteiger partial charge on any atom is -0.462 e. The Bertz CT molecular complexity index is 1860. The van der Waals surface area contributed by atoms with Crippen LogP contribution in [-0.2, 0) is 28.4 Å². The molecule has 2 aromatic rings. The lowest BCUT2D eigenvalue weighted by atomic mass is 9.51. The molecule has 9 rings (SSSR count). The van der Waals surface area contributed by atoms with E-state index in [1.165, 1.54) is 0 Å². The van der Waals surface area contributed by atoms with Gasteiger partial charge in [0.2, 0.25) is 0 Å². The van der Waals surface area contributed by atoms with Gasteiger partial charge in [-0.3, -0.25) is 0 Å². The second-order valence-corrected chi connectivity index (χ2v) is 17.8. The Hall–Kier alpha value is -3.20. The second kappa shape index (κ2) is 13.4. The van der Waals surface area contributed by atoms with Gasteiger partial charge in [0.15, 0.2) is 0 Å². The molecule has 0 aromatic heterocycles. The lowest BCUT2D eigenvalue weighted by molar-refractivity contribution is -0.459. The van der Waals surface area contributed by atoms with E-state index in [1.54, 1.807) is 54.6 Å². The number of carbonyl (C=O) groups excluding carboxylic acids is 2. The average Bonchev–Trinajstić information content (AvgIpc) is 3.84. The van der Waals surface area contributed by atoms with Crippen LogP contribution in [0.5, 0.6) is 0 Å². The summed E-state index contributed by atoms with van der Waals surface area (Å²) in [7, 11) is 0. The third kappa shape index (κ3) is 5.12. The number of epoxide rings is 1. The van der Waals surface area contributed by atoms with Crippen molar-refractivity contribution in [3.8, 4) is 0 Å². The van der Waals surface area contributed by atoms with Crippen LogP contribution in [0.4, 0.5) is 0 Å². The van der Waals surface area contributed by atoms with E-state index in [9.17, 15) is 30.0 Å². The van der Waals surface area contributed by atoms with Gasteiger partial charge in [-0.2, -0.15) is 0 Å². The molecule has 7 aliphatic rings. The summed E-state index contributed by atoms with van der Waals surface area (Å²) in [6.45, 7) is 9.43. The summed E-state index contributed by atoms with van der Waals surface area (Å²) in [5.74, 6) is -6.91. The maximum atomic E-state index is 14.0. The van der Waals surface area contributed by atoms with Crippen LogP contribution in [0.15, 0.2) is 72.8 Å². The van der Waals surface area contributed by atoms with Gasteiger partial charge in [-0.05, 0) is 67.4 Å². The lowest BCUT2D eigenvalue weighted by Crippen LogP contribution is -2.75. The first-order valence-corrected chi connectivity index (χ1v) is 20.4. The highest BCUT2D eigenvalue weighted by atomic mass is 16.9. The number of benzene rings is 2. The molecular formula is C44H54O12. The SMILES string of the molecule is C=C(C)[C@]12C[C@@H](COC(=O)c3ccccc3)[C@@]34O[C@]5(O[C@@H]1[C@@H]3[C@@H]1O[C@]1(CO)[C@@H](O)[C@@]1(O)[C@H]4[C@H]([C@H](C)[C@@H]1OC(=O)c1ccccc1)[C@H](C)CCCCCC[C@H]5O)O2. The third-order valence-electron chi connectivity index (χ3n) is 14.9. The molecule has 16 atom stereocenters. The molecule has 12 heteroatoms. The number of hydrogen-bond acceptors (Lipinski definition) is 12. The largest absolute Gasteiger partial charge is 0.462 e. The highest BCUT2D eigenvalue weighted by Crippen LogP contribution is 2.75. The molecule has 3 bridgehead atoms. The van der Waals surface area contributed by atoms with E-state index in [1.807, 2.05) is 19.9 Å². The Morgan fingerprint density at radius 2 is 1.52 bits per heavy atom. The predicted octanol–water partition coefficient (Wildman–Crippen LogP) is 4.33. The van der Waals surface area contributed by atoms with Crippen molar-refractivity contribution in [3.63, 3.8) is 0 Å². The molecule has 7 fully saturated rings. The molecule has 12 nitrogen and oxygen atoms in total. The minimum atomic E-state index is -2.27. The zero-order chi connectivity index (χ0) is 39.4. The van der Waals surface area contributed by atoms with Gasteiger partial charge in [-0.25, -0.2) is 9.59 Å². The van der Waals surface area contributed by atoms with Crippen LogP contribution in [0.2, 0.25) is 0 Å². The zero-order valence-electron chi connectivity index (χ0n) is 32.3. The number of esters is 2. The van der Waals surface area contributed by atoms with Crippen molar-refractivity contribution in [3.05, 3.63) is 83.9 Å². The van der Waals surface area contributed by atoms with Crippen LogP contribution in [0.3, 0.4) is 0 Å². The van der Waals surface area contributed by atoms with Crippen LogP contribution in [0, 0.1) is 35.5 Å². The summed E-state index contributed by atoms with van der Waals surface area (Å²) in [6.07, 6.45) is -1.51. The molecule has 56 heavy (non-hydrogen) atoms. The number of hydrogen-bond donors (Lipinski definition) is 4. The van der Waals surface area contributed by atoms with E-state index in [-0.39, 0.29) is 24.5 Å². The molecule has 2 aromatic carbocycles. The first-order valence-electron chi connectivity index (χ1n) is 20.4. The first kappa shape index (κ1) is 38.3. The number of rotatable bonds is 7. The molecule has 3 aliphatic carbocycles. The van der Waals surface area contributed by atoms with E-state index in [2.05, 4.69) is 13.5 Å². The van der Waals surface area contributed by atoms with Gasteiger partial charge in [0.25, 0.3) is 0 Å². The van der Waals surface area contributed by atoms with Crippen molar-refractivity contribution in [2.24, 2.45) is 35.5 Å². The van der Waals surface area contributed by atoms with Gasteiger partial charge in [0, 0.05) is 17.8 Å². The van der Waals surface area contributed by atoms with Crippen molar-refractivity contribution in [2.75, 3.05) is 13.2 Å². The van der Waals surface area contributed by atoms with E-state index >= 15 is 0 Å². The summed E-state index contributed by atoms with van der Waals surface area (Å²) in [5.41, 5.74) is -5.58. The van der Waals surface area contributed by atoms with Crippen LogP contribution in [0.25, 0.3) is 0 Å². The summed E-state index contributed by atoms with van der Waals surface area (Å²) in [4.78, 5) is 27.7. The third-order valence-corrected chi connectivity index (χ3v) is 14.9. The standard InChI is InChI=1S/C44H54O12/c1-24(2)40-21-29(22-51-37(47)27-16-10-7-11-17-27)43-32-35(40)54-44(55-40,56-43)30(46)20-14-6-5-9-15-25(3)31-26(4)34(52-38(48)28-18-12-8-13-19-28)42(50,33(31)43)39(49)41(23-45)36(32)53-41/h7-8,10-13,16-19,25-26,29-36,39,45-46,49-50H,1,5-6,9,14-15,20-23H2,2-4H3/t25-,26+,29+,30-,31+,32-,33-,34+,35-,36+,39-,40-,41+,42-,43-,44-/m1/s1. The fraction of sp³-hybridized carbons (Fsp3) is 0.636. The molecule has 4 aliphatic heterocycles. The Labute approximate surface area is 327 Å². The highest BCUT2D eigenvalue weighted by molar-refractivity contribution is 5.90. The van der Waals surface area contributed by atoms with Gasteiger partial charge in [0.05, 0.1) is 29.9 Å². The monoisotopic (exact) mass is 774 g/mol. The molecule has 0 unspecified atom stereocenters. The molecule has 0 amide bonds. The van der Waals surface area contributed by atoms with Gasteiger partial charge >= 0.3 is 17.9 Å². The molecule has 302 valence electrons. The molecule has 4 heterocycles. The molecule has 0 radical (unpaired) electrons. The summed E-state index contributed by atoms with van der Waals surface area (Å²) in [6, 6.07) is 17.2. The van der Waals surface area contributed by atoms with E-state index in [4.69, 9.17) is 28.4 Å². The van der Waals surface area contributed by atoms with Crippen LogP contribution in [0.1, 0.15) is 86.4 Å². The van der Waals surface area contributed by atoms with Crippen LogP contribution >= 0.6 is 0 Å². The molecule has 4 saturated heterocycles. The topological polar surface area (TPSA) is 174 Å². The maximum absolute atomic E-state index is 14.0. The average molecular weight is 775 g/mol. The number of carbonyl (C=O) groups is 2. The lowest BCUT2D eigenvalue weighted by Gasteiger charge is -2.62. The second-order valence-electron chi connectivity index (χ2n) is 17.8. The predicted molar refractivity (Wildman–Crippen MR) is 199 cm³/mol. The number of aliphatic hydroxyl groups is 4. The van der Waals surface area contributed by atoms with Crippen molar-refractivity contribution in [2.45, 2.75) is 125 Å².